The van der Waals surface area contributed by atoms with Crippen molar-refractivity contribution < 1.29 is 14.5 Å². The van der Waals surface area contributed by atoms with E-state index >= 15 is 0 Å². The number of carbonyl (C=O) groups excluding carboxylic acids is 1. The van der Waals surface area contributed by atoms with Crippen LogP contribution < -0.4 is 9.64 Å². The van der Waals surface area contributed by atoms with Gasteiger partial charge in [0.15, 0.2) is 0 Å². The van der Waals surface area contributed by atoms with Crippen molar-refractivity contribution in [1.82, 2.24) is 4.90 Å². The molecule has 1 heterocycles. The van der Waals surface area contributed by atoms with Gasteiger partial charge < -0.3 is 14.5 Å². The van der Waals surface area contributed by atoms with Crippen LogP contribution in [0, 0.1) is 10.1 Å². The van der Waals surface area contributed by atoms with Crippen LogP contribution in [0.1, 0.15) is 5.56 Å². The molecule has 0 spiro atoms. The molecule has 1 aliphatic rings. The number of hydrogen-bond acceptors (Lipinski definition) is 6. The zero-order chi connectivity index (χ0) is 19.9. The number of rotatable bonds is 7. The predicted octanol–water partition coefficient (Wildman–Crippen LogP) is 3.19. The smallest absolute Gasteiger partial charge is 0.269 e. The van der Waals surface area contributed by atoms with Crippen LogP contribution in [0.5, 0.6) is 5.75 Å². The summed E-state index contributed by atoms with van der Waals surface area (Å²) in [5, 5.41) is 10.8. The molecule has 1 fully saturated rings. The Kier molecular flexibility index (Phi) is 6.76. The van der Waals surface area contributed by atoms with E-state index in [1.807, 2.05) is 35.2 Å². The molecule has 0 radical (unpaired) electrons. The van der Waals surface area contributed by atoms with Crippen LogP contribution in [0.25, 0.3) is 0 Å². The molecule has 148 valence electrons. The molecule has 1 amide bonds. The summed E-state index contributed by atoms with van der Waals surface area (Å²) in [5.41, 5.74) is 1.99. The summed E-state index contributed by atoms with van der Waals surface area (Å²) in [4.78, 5) is 27.0. The molecule has 0 aromatic heterocycles. The standard InChI is InChI=1S/C20H23N3O4S/c1-27-19-8-3-2-7-18(19)21-9-11-22(12-10-21)20(24)15-28-14-16-5-4-6-17(13-16)23(25)26/h2-8,13H,9-12,14-15H2,1H3. The number of non-ortho nitro benzene ring substituents is 1. The van der Waals surface area contributed by atoms with Gasteiger partial charge in [-0.3, -0.25) is 14.9 Å². The first kappa shape index (κ1) is 20.0. The molecule has 0 aliphatic carbocycles. The van der Waals surface area contributed by atoms with Crippen molar-refractivity contribution in [3.05, 3.63) is 64.2 Å². The van der Waals surface area contributed by atoms with Crippen molar-refractivity contribution >= 4 is 29.0 Å². The second-order valence-electron chi connectivity index (χ2n) is 6.46. The molecule has 3 rings (SSSR count). The molecular weight excluding hydrogens is 378 g/mol. The van der Waals surface area contributed by atoms with Crippen LogP contribution in [-0.4, -0.2) is 54.8 Å². The van der Waals surface area contributed by atoms with Gasteiger partial charge in [0.05, 0.1) is 23.5 Å². The average molecular weight is 401 g/mol. The molecule has 0 atom stereocenters. The number of carbonyl (C=O) groups is 1. The number of methoxy groups -OCH3 is 1. The molecule has 1 saturated heterocycles. The number of hydrogen-bond donors (Lipinski definition) is 0. The molecule has 0 saturated carbocycles. The number of piperazine rings is 1. The Hall–Kier alpha value is -2.74. The van der Waals surface area contributed by atoms with E-state index in [4.69, 9.17) is 4.74 Å². The van der Waals surface area contributed by atoms with E-state index in [0.29, 0.717) is 24.6 Å². The number of anilines is 1. The van der Waals surface area contributed by atoms with Crippen LogP contribution in [0.3, 0.4) is 0 Å². The van der Waals surface area contributed by atoms with Crippen molar-refractivity contribution in [2.75, 3.05) is 43.9 Å². The number of nitro groups is 1. The van der Waals surface area contributed by atoms with Gasteiger partial charge in [0.1, 0.15) is 5.75 Å². The minimum atomic E-state index is -0.402. The fourth-order valence-corrected chi connectivity index (χ4v) is 4.07. The Morgan fingerprint density at radius 3 is 2.61 bits per heavy atom. The van der Waals surface area contributed by atoms with Crippen molar-refractivity contribution in [3.8, 4) is 5.75 Å². The Morgan fingerprint density at radius 2 is 1.89 bits per heavy atom. The molecule has 0 unspecified atom stereocenters. The normalized spacial score (nSPS) is 14.0. The van der Waals surface area contributed by atoms with E-state index < -0.39 is 4.92 Å². The van der Waals surface area contributed by atoms with Crippen molar-refractivity contribution in [2.45, 2.75) is 5.75 Å². The Balaban J connectivity index is 1.46. The van der Waals surface area contributed by atoms with Crippen molar-refractivity contribution in [1.29, 1.82) is 0 Å². The maximum absolute atomic E-state index is 12.5. The molecule has 2 aromatic rings. The molecule has 0 N–H and O–H groups in total. The molecule has 0 bridgehead atoms. The highest BCUT2D eigenvalue weighted by molar-refractivity contribution is 7.99. The van der Waals surface area contributed by atoms with E-state index in [1.165, 1.54) is 17.8 Å². The summed E-state index contributed by atoms with van der Waals surface area (Å²) in [7, 11) is 1.66. The van der Waals surface area contributed by atoms with Gasteiger partial charge in [-0.25, -0.2) is 0 Å². The van der Waals surface area contributed by atoms with Crippen LogP contribution >= 0.6 is 11.8 Å². The molecule has 8 heteroatoms. The van der Waals surface area contributed by atoms with Crippen LogP contribution in [0.4, 0.5) is 11.4 Å². The fraction of sp³-hybridized carbons (Fsp3) is 0.350. The van der Waals surface area contributed by atoms with Gasteiger partial charge in [-0.05, 0) is 17.7 Å². The number of amides is 1. The maximum atomic E-state index is 12.5. The first-order valence-corrected chi connectivity index (χ1v) is 10.2. The van der Waals surface area contributed by atoms with Crippen LogP contribution in [0.15, 0.2) is 48.5 Å². The number of benzene rings is 2. The SMILES string of the molecule is COc1ccccc1N1CCN(C(=O)CSCc2cccc([N+](=O)[O-])c2)CC1. The second kappa shape index (κ2) is 9.45. The highest BCUT2D eigenvalue weighted by atomic mass is 32.2. The van der Waals surface area contributed by atoms with E-state index in [1.54, 1.807) is 19.2 Å². The molecule has 7 nitrogen and oxygen atoms in total. The number of para-hydroxylation sites is 2. The molecular formula is C20H23N3O4S. The molecule has 2 aromatic carbocycles. The minimum absolute atomic E-state index is 0.0805. The lowest BCUT2D eigenvalue weighted by Crippen LogP contribution is -2.49. The zero-order valence-corrected chi connectivity index (χ0v) is 16.6. The van der Waals surface area contributed by atoms with Gasteiger partial charge in [-0.1, -0.05) is 24.3 Å². The lowest BCUT2D eigenvalue weighted by molar-refractivity contribution is -0.384. The van der Waals surface area contributed by atoms with E-state index in [2.05, 4.69) is 4.90 Å². The lowest BCUT2D eigenvalue weighted by Gasteiger charge is -2.36. The van der Waals surface area contributed by atoms with Crippen LogP contribution in [-0.2, 0) is 10.5 Å². The number of nitro benzene ring substituents is 1. The largest absolute Gasteiger partial charge is 0.495 e. The zero-order valence-electron chi connectivity index (χ0n) is 15.7. The number of ether oxygens (including phenoxy) is 1. The van der Waals surface area contributed by atoms with Gasteiger partial charge in [-0.15, -0.1) is 11.8 Å². The van der Waals surface area contributed by atoms with Gasteiger partial charge in [-0.2, -0.15) is 0 Å². The third kappa shape index (κ3) is 4.95. The van der Waals surface area contributed by atoms with E-state index in [9.17, 15) is 14.9 Å². The van der Waals surface area contributed by atoms with Gasteiger partial charge in [0.2, 0.25) is 5.91 Å². The predicted molar refractivity (Wildman–Crippen MR) is 111 cm³/mol. The first-order valence-electron chi connectivity index (χ1n) is 9.05. The quantitative estimate of drug-likeness (QED) is 0.524. The summed E-state index contributed by atoms with van der Waals surface area (Å²) < 4.78 is 5.42. The first-order chi connectivity index (χ1) is 13.6. The molecule has 28 heavy (non-hydrogen) atoms. The number of thioether (sulfide) groups is 1. The third-order valence-electron chi connectivity index (χ3n) is 4.67. The third-order valence-corrected chi connectivity index (χ3v) is 5.66. The maximum Gasteiger partial charge on any atom is 0.269 e. The van der Waals surface area contributed by atoms with E-state index in [0.717, 1.165) is 30.1 Å². The highest BCUT2D eigenvalue weighted by Gasteiger charge is 2.22. The summed E-state index contributed by atoms with van der Waals surface area (Å²) in [5.74, 6) is 1.90. The van der Waals surface area contributed by atoms with Gasteiger partial charge >= 0.3 is 0 Å². The Morgan fingerprint density at radius 1 is 1.14 bits per heavy atom. The Bertz CT molecular complexity index is 838. The highest BCUT2D eigenvalue weighted by Crippen LogP contribution is 2.28. The minimum Gasteiger partial charge on any atom is -0.495 e. The average Bonchev–Trinajstić information content (AvgIpc) is 2.74. The summed E-state index contributed by atoms with van der Waals surface area (Å²) in [6.07, 6.45) is 0. The summed E-state index contributed by atoms with van der Waals surface area (Å²) >= 11 is 1.48. The monoisotopic (exact) mass is 401 g/mol. The number of nitrogens with zero attached hydrogens (tertiary/aromatic N) is 3. The topological polar surface area (TPSA) is 75.9 Å². The summed E-state index contributed by atoms with van der Waals surface area (Å²) in [6.45, 7) is 2.88. The Labute approximate surface area is 168 Å². The molecule has 1 aliphatic heterocycles. The van der Waals surface area contributed by atoms with Gasteiger partial charge in [0, 0.05) is 44.1 Å². The van der Waals surface area contributed by atoms with Crippen molar-refractivity contribution in [2.24, 2.45) is 0 Å². The second-order valence-corrected chi connectivity index (χ2v) is 7.45. The lowest BCUT2D eigenvalue weighted by atomic mass is 10.2. The van der Waals surface area contributed by atoms with Crippen LogP contribution in [0.2, 0.25) is 0 Å². The van der Waals surface area contributed by atoms with E-state index in [-0.39, 0.29) is 11.6 Å². The fourth-order valence-electron chi connectivity index (χ4n) is 3.20. The van der Waals surface area contributed by atoms with Gasteiger partial charge in [0.25, 0.3) is 5.69 Å². The van der Waals surface area contributed by atoms with Crippen molar-refractivity contribution in [3.63, 3.8) is 0 Å². The summed E-state index contributed by atoms with van der Waals surface area (Å²) in [6, 6.07) is 14.5.